The van der Waals surface area contributed by atoms with Crippen molar-refractivity contribution in [3.63, 3.8) is 0 Å². The van der Waals surface area contributed by atoms with E-state index in [9.17, 15) is 4.79 Å². The summed E-state index contributed by atoms with van der Waals surface area (Å²) in [6.07, 6.45) is 6.91. The Balaban J connectivity index is 0.905. The van der Waals surface area contributed by atoms with Crippen LogP contribution in [0.5, 0.6) is 0 Å². The molecule has 53 heavy (non-hydrogen) atoms. The summed E-state index contributed by atoms with van der Waals surface area (Å²) in [7, 11) is 0. The predicted molar refractivity (Wildman–Crippen MR) is 197 cm³/mol. The van der Waals surface area contributed by atoms with Crippen LogP contribution >= 0.6 is 0 Å². The van der Waals surface area contributed by atoms with E-state index in [0.717, 1.165) is 29.4 Å². The van der Waals surface area contributed by atoms with Gasteiger partial charge in [0.2, 0.25) is 5.91 Å². The van der Waals surface area contributed by atoms with Gasteiger partial charge < -0.3 is 59.7 Å². The molecular formula is C35H55N9O9. The van der Waals surface area contributed by atoms with Gasteiger partial charge in [0, 0.05) is 49.4 Å². The maximum absolute atomic E-state index is 12.2. The van der Waals surface area contributed by atoms with Crippen LogP contribution in [0.1, 0.15) is 19.3 Å². The number of fused-ring (bicyclic) bond motifs is 2. The molecule has 0 atom stereocenters. The fraction of sp³-hybridized carbons (Fsp3) is 0.629. The van der Waals surface area contributed by atoms with Gasteiger partial charge in [-0.3, -0.25) is 4.79 Å². The first-order valence-corrected chi connectivity index (χ1v) is 18.2. The number of rotatable bonds is 32. The first kappa shape index (κ1) is 41.9. The maximum Gasteiger partial charge on any atom is 0.222 e. The lowest BCUT2D eigenvalue weighted by atomic mass is 10.1. The second-order valence-electron chi connectivity index (χ2n) is 11.7. The fourth-order valence-electron chi connectivity index (χ4n) is 5.05. The Hall–Kier alpha value is -3.85. The number of aryl methyl sites for hydroxylation is 1. The number of amides is 1. The molecule has 0 aromatic carbocycles. The maximum atomic E-state index is 12.2. The number of hydrogen-bond acceptors (Lipinski definition) is 15. The molecule has 4 rings (SSSR count). The molecule has 4 aromatic rings. The smallest absolute Gasteiger partial charge is 0.222 e. The topological polar surface area (TPSA) is 227 Å². The molecule has 4 heterocycles. The SMILES string of the molecule is NCCOCCOCCOCCOCCOCCOCCOCCOCCC(=O)NCCCCn1nc(-c2cnc3[nH]ccc3c2)c2c(N)ncnc21. The Kier molecular flexibility index (Phi) is 20.6. The molecule has 294 valence electrons. The number of unbranched alkanes of at least 4 members (excludes halogenated alkanes) is 1. The van der Waals surface area contributed by atoms with Crippen molar-refractivity contribution >= 4 is 33.8 Å². The number of pyridine rings is 1. The number of anilines is 1. The number of nitrogen functional groups attached to an aromatic ring is 1. The van der Waals surface area contributed by atoms with E-state index in [2.05, 4.69) is 25.3 Å². The molecule has 18 heteroatoms. The Morgan fingerprint density at radius 1 is 0.736 bits per heavy atom. The Morgan fingerprint density at radius 2 is 1.30 bits per heavy atom. The van der Waals surface area contributed by atoms with Crippen LogP contribution in [0, 0.1) is 0 Å². The minimum atomic E-state index is -0.0551. The third-order valence-corrected chi connectivity index (χ3v) is 7.69. The number of ether oxygens (including phenoxy) is 8. The summed E-state index contributed by atoms with van der Waals surface area (Å²) in [5.74, 6) is 0.315. The second-order valence-corrected chi connectivity index (χ2v) is 11.7. The highest BCUT2D eigenvalue weighted by atomic mass is 16.6. The molecule has 0 aliphatic rings. The van der Waals surface area contributed by atoms with E-state index < -0.39 is 0 Å². The van der Waals surface area contributed by atoms with Gasteiger partial charge in [-0.1, -0.05) is 0 Å². The van der Waals surface area contributed by atoms with Gasteiger partial charge in [-0.15, -0.1) is 0 Å². The average Bonchev–Trinajstić information content (AvgIpc) is 3.80. The van der Waals surface area contributed by atoms with Gasteiger partial charge in [-0.2, -0.15) is 5.10 Å². The molecule has 0 spiro atoms. The number of nitrogens with zero attached hydrogens (tertiary/aromatic N) is 5. The van der Waals surface area contributed by atoms with E-state index in [1.54, 1.807) is 6.20 Å². The molecule has 0 aliphatic carbocycles. The van der Waals surface area contributed by atoms with Crippen molar-refractivity contribution in [2.75, 3.05) is 125 Å². The molecule has 0 fully saturated rings. The van der Waals surface area contributed by atoms with Gasteiger partial charge in [-0.25, -0.2) is 19.6 Å². The van der Waals surface area contributed by atoms with Gasteiger partial charge in [-0.05, 0) is 25.0 Å². The van der Waals surface area contributed by atoms with Crippen LogP contribution in [0.4, 0.5) is 5.82 Å². The average molecular weight is 746 g/mol. The van der Waals surface area contributed by atoms with E-state index in [0.29, 0.717) is 148 Å². The molecule has 0 saturated carbocycles. The minimum Gasteiger partial charge on any atom is -0.383 e. The molecule has 0 radical (unpaired) electrons. The van der Waals surface area contributed by atoms with Crippen molar-refractivity contribution in [1.29, 1.82) is 0 Å². The van der Waals surface area contributed by atoms with Crippen molar-refractivity contribution in [3.05, 3.63) is 30.9 Å². The molecule has 6 N–H and O–H groups in total. The molecule has 0 aliphatic heterocycles. The van der Waals surface area contributed by atoms with Gasteiger partial charge in [0.25, 0.3) is 0 Å². The van der Waals surface area contributed by atoms with Crippen LogP contribution in [0.2, 0.25) is 0 Å². The van der Waals surface area contributed by atoms with E-state index in [4.69, 9.17) is 54.5 Å². The number of aromatic amines is 1. The van der Waals surface area contributed by atoms with Crippen LogP contribution in [-0.4, -0.2) is 154 Å². The van der Waals surface area contributed by atoms with E-state index in [1.807, 2.05) is 23.0 Å². The Morgan fingerprint density at radius 3 is 1.89 bits per heavy atom. The zero-order chi connectivity index (χ0) is 37.2. The lowest BCUT2D eigenvalue weighted by Gasteiger charge is -2.09. The monoisotopic (exact) mass is 745 g/mol. The zero-order valence-corrected chi connectivity index (χ0v) is 30.5. The van der Waals surface area contributed by atoms with Crippen molar-refractivity contribution in [2.24, 2.45) is 5.73 Å². The van der Waals surface area contributed by atoms with Gasteiger partial charge in [0.15, 0.2) is 5.65 Å². The number of carbonyl (C=O) groups is 1. The predicted octanol–water partition coefficient (Wildman–Crippen LogP) is 1.33. The van der Waals surface area contributed by atoms with E-state index in [-0.39, 0.29) is 12.3 Å². The van der Waals surface area contributed by atoms with Crippen molar-refractivity contribution in [1.82, 2.24) is 35.0 Å². The third kappa shape index (κ3) is 16.0. The number of hydrogen-bond donors (Lipinski definition) is 4. The molecule has 0 bridgehead atoms. The fourth-order valence-corrected chi connectivity index (χ4v) is 5.05. The molecule has 4 aromatic heterocycles. The first-order chi connectivity index (χ1) is 26.2. The van der Waals surface area contributed by atoms with Crippen molar-refractivity contribution < 1.29 is 42.7 Å². The molecule has 0 unspecified atom stereocenters. The number of H-pyrrole nitrogens is 1. The van der Waals surface area contributed by atoms with Gasteiger partial charge in [0.05, 0.1) is 111 Å². The summed E-state index contributed by atoms with van der Waals surface area (Å²) in [6.45, 7) is 9.38. The summed E-state index contributed by atoms with van der Waals surface area (Å²) in [5.41, 5.74) is 14.6. The van der Waals surface area contributed by atoms with E-state index >= 15 is 0 Å². The normalized spacial score (nSPS) is 11.6. The lowest BCUT2D eigenvalue weighted by molar-refractivity contribution is -0.122. The van der Waals surface area contributed by atoms with Crippen LogP contribution in [0.25, 0.3) is 33.3 Å². The molecule has 18 nitrogen and oxygen atoms in total. The highest BCUT2D eigenvalue weighted by molar-refractivity contribution is 5.99. The summed E-state index contributed by atoms with van der Waals surface area (Å²) in [4.78, 5) is 28.4. The highest BCUT2D eigenvalue weighted by Crippen LogP contribution is 2.31. The van der Waals surface area contributed by atoms with Gasteiger partial charge >= 0.3 is 0 Å². The summed E-state index contributed by atoms with van der Waals surface area (Å²) in [6, 6.07) is 3.98. The summed E-state index contributed by atoms with van der Waals surface area (Å²) in [5, 5.41) is 9.44. The number of nitrogens with two attached hydrogens (primary N) is 2. The first-order valence-electron chi connectivity index (χ1n) is 18.2. The molecular weight excluding hydrogens is 690 g/mol. The highest BCUT2D eigenvalue weighted by Gasteiger charge is 2.17. The summed E-state index contributed by atoms with van der Waals surface area (Å²) < 4.78 is 45.3. The lowest BCUT2D eigenvalue weighted by Crippen LogP contribution is -2.26. The second kappa shape index (κ2) is 26.0. The number of nitrogens with one attached hydrogen (secondary N) is 2. The third-order valence-electron chi connectivity index (χ3n) is 7.69. The van der Waals surface area contributed by atoms with Crippen LogP contribution in [0.3, 0.4) is 0 Å². The summed E-state index contributed by atoms with van der Waals surface area (Å²) >= 11 is 0. The van der Waals surface area contributed by atoms with E-state index in [1.165, 1.54) is 6.33 Å². The van der Waals surface area contributed by atoms with Crippen LogP contribution in [-0.2, 0) is 49.2 Å². The standard InChI is InChI=1S/C35H55N9O9/c36-5-10-47-12-14-49-16-18-51-20-22-53-24-23-52-21-19-50-17-15-48-13-11-46-9-4-30(45)38-6-1-2-8-44-35-31(33(37)41-27-42-35)32(43-44)29-25-28-3-7-39-34(28)40-26-29/h3,7,25-27H,1-2,4-6,8-24,36H2,(H,38,45)(H,39,40)(H2,37,41,42). The van der Waals surface area contributed by atoms with Gasteiger partial charge in [0.1, 0.15) is 23.5 Å². The van der Waals surface area contributed by atoms with Crippen molar-refractivity contribution in [2.45, 2.75) is 25.8 Å². The number of aromatic nitrogens is 6. The Labute approximate surface area is 309 Å². The van der Waals surface area contributed by atoms with Crippen LogP contribution < -0.4 is 16.8 Å². The van der Waals surface area contributed by atoms with Crippen molar-refractivity contribution in [3.8, 4) is 11.3 Å². The number of carbonyl (C=O) groups excluding carboxylic acids is 1. The minimum absolute atomic E-state index is 0.0551. The largest absolute Gasteiger partial charge is 0.383 e. The zero-order valence-electron chi connectivity index (χ0n) is 30.5. The molecule has 1 amide bonds. The van der Waals surface area contributed by atoms with Crippen LogP contribution in [0.15, 0.2) is 30.9 Å². The quantitative estimate of drug-likeness (QED) is 0.0517. The Bertz CT molecular complexity index is 1570. The molecule has 0 saturated heterocycles.